The van der Waals surface area contributed by atoms with Crippen molar-refractivity contribution in [1.29, 1.82) is 0 Å². The molecule has 3 aromatic carbocycles. The van der Waals surface area contributed by atoms with E-state index in [-0.39, 0.29) is 5.75 Å². The molecule has 0 radical (unpaired) electrons. The second-order valence-electron chi connectivity index (χ2n) is 6.60. The minimum Gasteiger partial charge on any atom is -0.490 e. The minimum atomic E-state index is -2.86. The molecular formula is C25H24F2O2. The predicted molar refractivity (Wildman–Crippen MR) is 115 cm³/mol. The minimum absolute atomic E-state index is 0.249. The highest BCUT2D eigenvalue weighted by atomic mass is 19.3. The quantitative estimate of drug-likeness (QED) is 0.358. The summed E-state index contributed by atoms with van der Waals surface area (Å²) in [4.78, 5) is 0. The van der Waals surface area contributed by atoms with Crippen molar-refractivity contribution >= 4 is 10.8 Å². The fourth-order valence-electron chi connectivity index (χ4n) is 3.19. The summed E-state index contributed by atoms with van der Waals surface area (Å²) in [5.41, 5.74) is 2.78. The number of aryl methyl sites for hydroxylation is 1. The maximum Gasteiger partial charge on any atom is 0.387 e. The Morgan fingerprint density at radius 3 is 2.45 bits per heavy atom. The third kappa shape index (κ3) is 5.23. The first-order valence-electron chi connectivity index (χ1n) is 9.58. The van der Waals surface area contributed by atoms with Crippen molar-refractivity contribution in [3.05, 3.63) is 85.0 Å². The Morgan fingerprint density at radius 2 is 1.76 bits per heavy atom. The van der Waals surface area contributed by atoms with E-state index in [1.807, 2.05) is 73.7 Å². The monoisotopic (exact) mass is 394 g/mol. The third-order valence-corrected chi connectivity index (χ3v) is 4.65. The third-order valence-electron chi connectivity index (χ3n) is 4.65. The molecule has 0 aromatic heterocycles. The largest absolute Gasteiger partial charge is 0.490 e. The highest BCUT2D eigenvalue weighted by Crippen LogP contribution is 2.35. The Labute approximate surface area is 170 Å². The lowest BCUT2D eigenvalue weighted by atomic mass is 9.97. The van der Waals surface area contributed by atoms with Crippen LogP contribution in [0.1, 0.15) is 18.9 Å². The summed E-state index contributed by atoms with van der Waals surface area (Å²) in [5, 5.41) is 1.54. The molecule has 0 unspecified atom stereocenters. The van der Waals surface area contributed by atoms with Crippen LogP contribution in [0, 0.1) is 0 Å². The number of allylic oxidation sites excluding steroid dienone is 2. The van der Waals surface area contributed by atoms with Crippen molar-refractivity contribution < 1.29 is 18.3 Å². The van der Waals surface area contributed by atoms with Crippen LogP contribution in [0.3, 0.4) is 0 Å². The first-order valence-corrected chi connectivity index (χ1v) is 9.58. The highest BCUT2D eigenvalue weighted by Gasteiger charge is 2.14. The van der Waals surface area contributed by atoms with Crippen LogP contribution in [-0.2, 0) is 6.42 Å². The molecule has 3 aromatic rings. The van der Waals surface area contributed by atoms with Crippen LogP contribution in [0.5, 0.6) is 11.5 Å². The average molecular weight is 394 g/mol. The summed E-state index contributed by atoms with van der Waals surface area (Å²) in [6.07, 6.45) is 6.97. The normalized spacial score (nSPS) is 11.3. The molecule has 0 bridgehead atoms. The fraction of sp³-hybridized carbons (Fsp3) is 0.200. The molecule has 150 valence electrons. The maximum atomic E-state index is 13.0. The second-order valence-corrected chi connectivity index (χ2v) is 6.60. The van der Waals surface area contributed by atoms with Crippen LogP contribution >= 0.6 is 0 Å². The van der Waals surface area contributed by atoms with Crippen molar-refractivity contribution in [3.63, 3.8) is 0 Å². The van der Waals surface area contributed by atoms with Gasteiger partial charge < -0.3 is 9.47 Å². The fourth-order valence-corrected chi connectivity index (χ4v) is 3.19. The molecule has 0 N–H and O–H groups in total. The zero-order valence-electron chi connectivity index (χ0n) is 16.4. The molecule has 2 nitrogen and oxygen atoms in total. The topological polar surface area (TPSA) is 18.5 Å². The van der Waals surface area contributed by atoms with E-state index in [1.165, 1.54) is 0 Å². The lowest BCUT2D eigenvalue weighted by Crippen LogP contribution is -2.05. The second kappa shape index (κ2) is 9.87. The summed E-state index contributed by atoms with van der Waals surface area (Å²) in [6.45, 7) is 3.32. The Bertz CT molecular complexity index is 992. The predicted octanol–water partition coefficient (Wildman–Crippen LogP) is 7.18. The zero-order chi connectivity index (χ0) is 20.6. The summed E-state index contributed by atoms with van der Waals surface area (Å²) >= 11 is 0. The molecule has 0 aliphatic rings. The number of hydrogen-bond donors (Lipinski definition) is 0. The van der Waals surface area contributed by atoms with Crippen molar-refractivity contribution in [1.82, 2.24) is 0 Å². The summed E-state index contributed by atoms with van der Waals surface area (Å²) in [7, 11) is 0. The van der Waals surface area contributed by atoms with Gasteiger partial charge in [0.15, 0.2) is 0 Å². The van der Waals surface area contributed by atoms with E-state index < -0.39 is 6.61 Å². The van der Waals surface area contributed by atoms with Crippen LogP contribution in [0.15, 0.2) is 79.4 Å². The molecule has 0 aliphatic heterocycles. The number of halogens is 2. The van der Waals surface area contributed by atoms with Gasteiger partial charge in [-0.25, -0.2) is 0 Å². The van der Waals surface area contributed by atoms with Gasteiger partial charge in [-0.15, -0.1) is 6.58 Å². The van der Waals surface area contributed by atoms with E-state index in [2.05, 4.69) is 6.58 Å². The molecule has 0 fully saturated rings. The standard InChI is InChI=1S/C25H24F2O2/c1-3-5-7-19-8-9-21-17-20(12-15-23(21)24(19)29-25(26)27)18-10-13-22(14-11-18)28-16-6-4-2/h3-4,6,8-15,17,25H,1,5,7,16H2,2H3. The molecule has 0 saturated heterocycles. The van der Waals surface area contributed by atoms with Crippen molar-refractivity contribution in [2.24, 2.45) is 0 Å². The molecule has 0 amide bonds. The van der Waals surface area contributed by atoms with Crippen molar-refractivity contribution in [2.45, 2.75) is 26.4 Å². The number of rotatable bonds is 9. The van der Waals surface area contributed by atoms with Crippen molar-refractivity contribution in [3.8, 4) is 22.6 Å². The number of fused-ring (bicyclic) bond motifs is 1. The summed E-state index contributed by atoms with van der Waals surface area (Å²) in [6, 6.07) is 17.4. The smallest absolute Gasteiger partial charge is 0.387 e. The lowest BCUT2D eigenvalue weighted by Gasteiger charge is -2.14. The van der Waals surface area contributed by atoms with E-state index in [0.29, 0.717) is 24.8 Å². The van der Waals surface area contributed by atoms with Gasteiger partial charge in [0.1, 0.15) is 18.1 Å². The number of alkyl halides is 2. The summed E-state index contributed by atoms with van der Waals surface area (Å²) in [5.74, 6) is 1.05. The van der Waals surface area contributed by atoms with E-state index >= 15 is 0 Å². The van der Waals surface area contributed by atoms with Gasteiger partial charge in [-0.1, -0.05) is 54.6 Å². The number of ether oxygens (including phenoxy) is 2. The van der Waals surface area contributed by atoms with Gasteiger partial charge in [-0.3, -0.25) is 0 Å². The van der Waals surface area contributed by atoms with E-state index in [4.69, 9.17) is 9.47 Å². The van der Waals surface area contributed by atoms with Crippen LogP contribution in [0.4, 0.5) is 8.78 Å². The number of benzene rings is 3. The average Bonchev–Trinajstić information content (AvgIpc) is 2.73. The molecule has 0 spiro atoms. The van der Waals surface area contributed by atoms with Crippen LogP contribution in [-0.4, -0.2) is 13.2 Å². The highest BCUT2D eigenvalue weighted by molar-refractivity contribution is 5.93. The van der Waals surface area contributed by atoms with Crippen LogP contribution < -0.4 is 9.47 Å². The van der Waals surface area contributed by atoms with Gasteiger partial charge in [-0.2, -0.15) is 8.78 Å². The molecule has 0 atom stereocenters. The van der Waals surface area contributed by atoms with Gasteiger partial charge in [0, 0.05) is 5.39 Å². The Morgan fingerprint density at radius 1 is 1.00 bits per heavy atom. The summed E-state index contributed by atoms with van der Waals surface area (Å²) < 4.78 is 36.5. The first-order chi connectivity index (χ1) is 14.1. The molecule has 0 saturated carbocycles. The molecule has 0 aliphatic carbocycles. The van der Waals surface area contributed by atoms with Gasteiger partial charge >= 0.3 is 6.61 Å². The SMILES string of the molecule is C=CCCc1ccc2cc(-c3ccc(OCC=CC)cc3)ccc2c1OC(F)F. The lowest BCUT2D eigenvalue weighted by molar-refractivity contribution is -0.0493. The molecule has 3 rings (SSSR count). The molecule has 29 heavy (non-hydrogen) atoms. The van der Waals surface area contributed by atoms with E-state index in [0.717, 1.165) is 27.8 Å². The van der Waals surface area contributed by atoms with E-state index in [9.17, 15) is 8.78 Å². The Hall–Kier alpha value is -3.14. The van der Waals surface area contributed by atoms with Crippen LogP contribution in [0.2, 0.25) is 0 Å². The molecule has 4 heteroatoms. The van der Waals surface area contributed by atoms with Crippen LogP contribution in [0.25, 0.3) is 21.9 Å². The zero-order valence-corrected chi connectivity index (χ0v) is 16.4. The van der Waals surface area contributed by atoms with Gasteiger partial charge in [0.2, 0.25) is 0 Å². The Balaban J connectivity index is 1.92. The van der Waals surface area contributed by atoms with Gasteiger partial charge in [-0.05, 0) is 60.0 Å². The van der Waals surface area contributed by atoms with Crippen molar-refractivity contribution in [2.75, 3.05) is 6.61 Å². The van der Waals surface area contributed by atoms with Gasteiger partial charge in [0.05, 0.1) is 0 Å². The van der Waals surface area contributed by atoms with E-state index in [1.54, 1.807) is 6.08 Å². The Kier molecular flexibility index (Phi) is 7.01. The van der Waals surface area contributed by atoms with Gasteiger partial charge in [0.25, 0.3) is 0 Å². The first kappa shape index (κ1) is 20.6. The number of hydrogen-bond acceptors (Lipinski definition) is 2. The molecular weight excluding hydrogens is 370 g/mol. The maximum absolute atomic E-state index is 13.0. The molecule has 0 heterocycles.